The number of thiol groups is 1. The Kier molecular flexibility index (Phi) is 3.94. The molecule has 0 aromatic carbocycles. The molecule has 0 aromatic heterocycles. The molecule has 0 rings (SSSR count). The van der Waals surface area contributed by atoms with Crippen LogP contribution in [0, 0.1) is 0 Å². The Hall–Kier alpha value is 1.06. The van der Waals surface area contributed by atoms with E-state index in [2.05, 4.69) is 27.9 Å². The van der Waals surface area contributed by atoms with Crippen LogP contribution in [0.2, 0.25) is 0 Å². The molecule has 0 aliphatic carbocycles. The number of thiocarbonyl (C=S) groups is 1. The van der Waals surface area contributed by atoms with Gasteiger partial charge in [0.15, 0.2) is 0 Å². The van der Waals surface area contributed by atoms with Gasteiger partial charge < -0.3 is 0 Å². The van der Waals surface area contributed by atoms with Crippen LogP contribution >= 0.6 is 24.8 Å². The van der Waals surface area contributed by atoms with Gasteiger partial charge in [0.05, 0.1) is 0 Å². The molecular weight excluding hydrogens is 214 g/mol. The topological polar surface area (TPSA) is 9.23 Å². The maximum absolute atomic E-state index is 4.48. The van der Waals surface area contributed by atoms with Crippen LogP contribution in [0.5, 0.6) is 0 Å². The molecule has 0 unspecified atom stereocenters. The van der Waals surface area contributed by atoms with Crippen LogP contribution in [0.15, 0.2) is 0 Å². The summed E-state index contributed by atoms with van der Waals surface area (Å²) in [5, 5.41) is 0. The second-order valence-corrected chi connectivity index (χ2v) is 2.14. The Bertz CT molecular complexity index is 44.9. The molecule has 0 spiro atoms. The van der Waals surface area contributed by atoms with E-state index in [-0.39, 0.29) is 0 Å². The van der Waals surface area contributed by atoms with E-state index in [1.165, 1.54) is 0 Å². The first-order chi connectivity index (χ1) is 2.27. The van der Waals surface area contributed by atoms with Crippen LogP contribution in [0.25, 0.3) is 0 Å². The second-order valence-electron chi connectivity index (χ2n) is 0.384. The van der Waals surface area contributed by atoms with Crippen molar-refractivity contribution in [3.8, 4) is 0 Å². The molecule has 0 amide bonds. The molecule has 0 N–H and O–H groups in total. The van der Waals surface area contributed by atoms with Crippen molar-refractivity contribution in [1.29, 1.82) is 0 Å². The van der Waals surface area contributed by atoms with Crippen molar-refractivity contribution in [3.63, 3.8) is 0 Å². The zero-order chi connectivity index (χ0) is 4.28. The van der Waals surface area contributed by atoms with E-state index in [0.717, 1.165) is 0 Å². The molecule has 30 valence electrons. The van der Waals surface area contributed by atoms with E-state index >= 15 is 0 Å². The normalized spacial score (nSPS) is 6.80. The Morgan fingerprint density at radius 1 is 2.00 bits per heavy atom. The van der Waals surface area contributed by atoms with E-state index in [9.17, 15) is 0 Å². The van der Waals surface area contributed by atoms with Gasteiger partial charge in [-0.3, -0.25) is 0 Å². The third-order valence-electron chi connectivity index (χ3n) is 0.101. The molecule has 0 saturated carbocycles. The summed E-state index contributed by atoms with van der Waals surface area (Å²) >= 11 is 8.72. The Balaban J connectivity index is 2.85. The van der Waals surface area contributed by atoms with Crippen LogP contribution in [0.1, 0.15) is 0 Å². The van der Waals surface area contributed by atoms with Crippen LogP contribution in [-0.2, 0) is 3.02 Å². The summed E-state index contributed by atoms with van der Waals surface area (Å²) in [5.74, 6) is 0. The molecule has 4 heteroatoms. The van der Waals surface area contributed by atoms with Crippen molar-refractivity contribution < 1.29 is 3.02 Å². The summed E-state index contributed by atoms with van der Waals surface area (Å²) in [7, 11) is 0. The van der Waals surface area contributed by atoms with Crippen molar-refractivity contribution in [2.75, 3.05) is 0 Å². The maximum atomic E-state index is 4.48. The Labute approximate surface area is 55.5 Å². The van der Waals surface area contributed by atoms with Crippen molar-refractivity contribution in [1.82, 2.24) is 0 Å². The molecule has 0 heterocycles. The van der Waals surface area contributed by atoms with Gasteiger partial charge in [-0.1, -0.05) is 0 Å². The van der Waals surface area contributed by atoms with Gasteiger partial charge in [-0.2, -0.15) is 0 Å². The first-order valence-electron chi connectivity index (χ1n) is 0.868. The second kappa shape index (κ2) is 3.26. The molecule has 0 atom stereocenters. The first-order valence-corrected chi connectivity index (χ1v) is 3.07. The van der Waals surface area contributed by atoms with E-state index in [4.69, 9.17) is 0 Å². The van der Waals surface area contributed by atoms with Gasteiger partial charge in [0.1, 0.15) is 0 Å². The average Bonchev–Trinajstić information content (AvgIpc) is 1.38. The third kappa shape index (κ3) is 5.06. The fourth-order valence-corrected chi connectivity index (χ4v) is 0. The van der Waals surface area contributed by atoms with E-state index in [0.29, 0.717) is 27.8 Å². The summed E-state index contributed by atoms with van der Waals surface area (Å²) in [5.41, 5.74) is 0. The summed E-state index contributed by atoms with van der Waals surface area (Å²) < 4.78 is 4.82. The number of hydrogen-bond acceptors (Lipinski definition) is 2. The SMILES string of the molecule is S=C(S)[O][SbH2]. The zero-order valence-corrected chi connectivity index (χ0v) is 7.35. The minimum atomic E-state index is 0.340. The van der Waals surface area contributed by atoms with Crippen molar-refractivity contribution in [2.24, 2.45) is 0 Å². The molecule has 5 heavy (non-hydrogen) atoms. The van der Waals surface area contributed by atoms with Crippen molar-refractivity contribution >= 4 is 52.7 Å². The molecule has 0 fully saturated rings. The fourth-order valence-electron chi connectivity index (χ4n) is 0. The van der Waals surface area contributed by atoms with Gasteiger partial charge in [-0.15, -0.1) is 0 Å². The fraction of sp³-hybridized carbons (Fsp3) is 0. The number of hydrogen-bond donors (Lipinski definition) is 1. The predicted octanol–water partition coefficient (Wildman–Crippen LogP) is -0.234. The van der Waals surface area contributed by atoms with Gasteiger partial charge in [-0.25, -0.2) is 0 Å². The molecule has 0 aliphatic rings. The first kappa shape index (κ1) is 6.06. The Morgan fingerprint density at radius 3 is 2.20 bits per heavy atom. The summed E-state index contributed by atoms with van der Waals surface area (Å²) in [6.45, 7) is 0. The van der Waals surface area contributed by atoms with E-state index < -0.39 is 0 Å². The number of rotatable bonds is 0. The van der Waals surface area contributed by atoms with E-state index in [1.807, 2.05) is 0 Å². The van der Waals surface area contributed by atoms with Crippen LogP contribution in [-0.4, -0.2) is 27.8 Å². The van der Waals surface area contributed by atoms with Gasteiger partial charge in [0.25, 0.3) is 0 Å². The quantitative estimate of drug-likeness (QED) is 0.341. The Morgan fingerprint density at radius 2 is 2.20 bits per heavy atom. The van der Waals surface area contributed by atoms with Crippen molar-refractivity contribution in [2.45, 2.75) is 0 Å². The molecule has 0 saturated heterocycles. The summed E-state index contributed by atoms with van der Waals surface area (Å²) in [6.07, 6.45) is 0. The van der Waals surface area contributed by atoms with Gasteiger partial charge in [0.2, 0.25) is 0 Å². The standard InChI is InChI=1S/CH2OS2.Sb.2H/c2-1(3)4;;;/h(H2,2,3,4);;;/q;+1;;/p-1. The molecule has 1 nitrogen and oxygen atoms in total. The minimum absolute atomic E-state index is 0.340. The summed E-state index contributed by atoms with van der Waals surface area (Å²) in [6, 6.07) is 0. The molecule has 0 aromatic rings. The molecule has 0 aliphatic heterocycles. The van der Waals surface area contributed by atoms with Gasteiger partial charge in [-0.05, 0) is 0 Å². The van der Waals surface area contributed by atoms with Crippen LogP contribution < -0.4 is 0 Å². The third-order valence-corrected chi connectivity index (χ3v) is 2.03. The van der Waals surface area contributed by atoms with Gasteiger partial charge in [0, 0.05) is 0 Å². The van der Waals surface area contributed by atoms with E-state index in [1.54, 1.807) is 0 Å². The molecule has 0 bridgehead atoms. The average molecular weight is 217 g/mol. The summed E-state index contributed by atoms with van der Waals surface area (Å²) in [4.78, 5) is 0. The van der Waals surface area contributed by atoms with Crippen molar-refractivity contribution in [3.05, 3.63) is 0 Å². The molecular formula is CH3OS2Sb. The van der Waals surface area contributed by atoms with Gasteiger partial charge >= 0.3 is 55.7 Å². The molecule has 0 radical (unpaired) electrons. The zero-order valence-electron chi connectivity index (χ0n) is 2.34. The monoisotopic (exact) mass is 216 g/mol. The van der Waals surface area contributed by atoms with Crippen LogP contribution in [0.3, 0.4) is 0 Å². The predicted molar refractivity (Wildman–Crippen MR) is 31.2 cm³/mol. The van der Waals surface area contributed by atoms with Crippen LogP contribution in [0.4, 0.5) is 0 Å².